The van der Waals surface area contributed by atoms with Gasteiger partial charge >= 0.3 is 0 Å². The van der Waals surface area contributed by atoms with Crippen LogP contribution in [-0.4, -0.2) is 58.1 Å². The predicted octanol–water partition coefficient (Wildman–Crippen LogP) is 1.42. The monoisotopic (exact) mass is 484 g/mol. The second kappa shape index (κ2) is 11.7. The lowest BCUT2D eigenvalue weighted by Gasteiger charge is -2.06. The minimum absolute atomic E-state index is 0.0394. The molecule has 0 saturated carbocycles. The highest BCUT2D eigenvalue weighted by molar-refractivity contribution is 7.86. The van der Waals surface area contributed by atoms with Crippen LogP contribution in [0.5, 0.6) is 0 Å². The molecule has 0 aromatic heterocycles. The highest BCUT2D eigenvalue weighted by Crippen LogP contribution is 2.21. The van der Waals surface area contributed by atoms with Gasteiger partial charge in [0.1, 0.15) is 4.90 Å². The number of hydrogen-bond donors (Lipinski definition) is 7. The van der Waals surface area contributed by atoms with E-state index in [4.69, 9.17) is 48.9 Å². The molecule has 0 atom stereocenters. The fourth-order valence-electron chi connectivity index (χ4n) is 1.90. The summed E-state index contributed by atoms with van der Waals surface area (Å²) < 4.78 is 29.9. The van der Waals surface area contributed by atoms with Crippen LogP contribution in [0, 0.1) is 17.7 Å². The minimum Gasteiger partial charge on any atom is -0.367 e. The first-order chi connectivity index (χ1) is 14.8. The summed E-state index contributed by atoms with van der Waals surface area (Å²) in [5.41, 5.74) is 12.0. The van der Waals surface area contributed by atoms with Gasteiger partial charge in [0.25, 0.3) is 10.1 Å². The fourth-order valence-corrected chi connectivity index (χ4v) is 2.97. The first-order valence-electron chi connectivity index (χ1n) is 8.39. The molecule has 0 radical (unpaired) electrons. The molecular weight excluding hydrogens is 464 g/mol. The average molecular weight is 485 g/mol. The Morgan fingerprint density at radius 2 is 1.47 bits per heavy atom. The molecule has 0 fully saturated rings. The van der Waals surface area contributed by atoms with Crippen LogP contribution in [0.3, 0.4) is 0 Å². The van der Waals surface area contributed by atoms with Crippen LogP contribution in [0.4, 0.5) is 0 Å². The topological polar surface area (TPSA) is 226 Å². The van der Waals surface area contributed by atoms with Crippen LogP contribution in [0.1, 0.15) is 16.7 Å². The third-order valence-electron chi connectivity index (χ3n) is 3.34. The Kier molecular flexibility index (Phi) is 9.70. The lowest BCUT2D eigenvalue weighted by atomic mass is 10.1. The Morgan fingerprint density at radius 3 is 1.84 bits per heavy atom. The second-order valence-electron chi connectivity index (χ2n) is 5.92. The van der Waals surface area contributed by atoms with E-state index in [1.165, 1.54) is 24.6 Å². The molecule has 0 aliphatic heterocycles. The molecule has 0 heterocycles. The number of nitrogens with zero attached hydrogens (tertiary/aromatic N) is 4. The number of hydrogen-bond acceptors (Lipinski definition) is 8. The van der Waals surface area contributed by atoms with E-state index in [9.17, 15) is 8.42 Å². The van der Waals surface area contributed by atoms with Gasteiger partial charge in [-0.1, -0.05) is 35.9 Å². The van der Waals surface area contributed by atoms with E-state index < -0.39 is 22.0 Å². The minimum atomic E-state index is -4.18. The SMILES string of the molecule is Cc1ccc(S(=O)(=O)O)c(Cl)c1.N=C(N)N(O)N=Cc1cccc(C=NN(O)C(=N)N)c1. The number of nitrogens with one attached hydrogen (secondary N) is 2. The van der Waals surface area contributed by atoms with Crippen LogP contribution in [0.25, 0.3) is 0 Å². The summed E-state index contributed by atoms with van der Waals surface area (Å²) in [6.45, 7) is 1.78. The molecule has 2 rings (SSSR count). The molecule has 2 aromatic carbocycles. The predicted molar refractivity (Wildman–Crippen MR) is 119 cm³/mol. The number of nitrogens with two attached hydrogens (primary N) is 2. The number of hydrazone groups is 2. The van der Waals surface area contributed by atoms with E-state index in [0.29, 0.717) is 11.1 Å². The summed E-state index contributed by atoms with van der Waals surface area (Å²) in [5, 5.41) is 39.5. The fraction of sp³-hybridized carbons (Fsp3) is 0.0588. The van der Waals surface area contributed by atoms with Crippen molar-refractivity contribution in [2.75, 3.05) is 0 Å². The van der Waals surface area contributed by atoms with Gasteiger partial charge in [0, 0.05) is 0 Å². The second-order valence-corrected chi connectivity index (χ2v) is 7.71. The van der Waals surface area contributed by atoms with Crippen molar-refractivity contribution in [1.82, 2.24) is 10.3 Å². The van der Waals surface area contributed by atoms with Crippen LogP contribution < -0.4 is 11.5 Å². The van der Waals surface area contributed by atoms with Gasteiger partial charge in [0.2, 0.25) is 11.9 Å². The van der Waals surface area contributed by atoms with Gasteiger partial charge in [-0.3, -0.25) is 25.8 Å². The van der Waals surface area contributed by atoms with E-state index in [-0.39, 0.29) is 20.3 Å². The Hall–Kier alpha value is -3.56. The molecule has 0 aliphatic carbocycles. The maximum Gasteiger partial charge on any atom is 0.296 e. The number of aryl methyl sites for hydroxylation is 1. The van der Waals surface area contributed by atoms with Crippen molar-refractivity contribution in [3.63, 3.8) is 0 Å². The molecule has 172 valence electrons. The molecule has 0 bridgehead atoms. The van der Waals surface area contributed by atoms with Gasteiger partial charge in [-0.05, 0) is 41.8 Å². The van der Waals surface area contributed by atoms with E-state index in [0.717, 1.165) is 5.56 Å². The van der Waals surface area contributed by atoms with Gasteiger partial charge < -0.3 is 11.5 Å². The summed E-state index contributed by atoms with van der Waals surface area (Å²) in [6.07, 6.45) is 2.56. The van der Waals surface area contributed by atoms with Crippen molar-refractivity contribution in [2.45, 2.75) is 11.8 Å². The number of halogens is 1. The van der Waals surface area contributed by atoms with Crippen molar-refractivity contribution >= 4 is 46.1 Å². The van der Waals surface area contributed by atoms with Crippen LogP contribution in [-0.2, 0) is 10.1 Å². The summed E-state index contributed by atoms with van der Waals surface area (Å²) in [6, 6.07) is 11.0. The van der Waals surface area contributed by atoms with E-state index in [1.807, 2.05) is 0 Å². The number of guanidine groups is 2. The quantitative estimate of drug-likeness (QED) is 0.141. The van der Waals surface area contributed by atoms with Gasteiger partial charge in [0.05, 0.1) is 17.5 Å². The Bertz CT molecular complexity index is 1090. The van der Waals surface area contributed by atoms with Crippen molar-refractivity contribution in [3.8, 4) is 0 Å². The highest BCUT2D eigenvalue weighted by Gasteiger charge is 2.13. The lowest BCUT2D eigenvalue weighted by molar-refractivity contribution is -0.0140. The summed E-state index contributed by atoms with van der Waals surface area (Å²) in [4.78, 5) is -0.255. The molecule has 32 heavy (non-hydrogen) atoms. The number of rotatable bonds is 5. The smallest absolute Gasteiger partial charge is 0.296 e. The zero-order chi connectivity index (χ0) is 24.5. The normalized spacial score (nSPS) is 11.2. The van der Waals surface area contributed by atoms with Gasteiger partial charge in [-0.15, -0.1) is 10.3 Å². The molecule has 15 heteroatoms. The summed E-state index contributed by atoms with van der Waals surface area (Å²) >= 11 is 5.57. The molecule has 9 N–H and O–H groups in total. The first-order valence-corrected chi connectivity index (χ1v) is 10.2. The molecule has 0 unspecified atom stereocenters. The Morgan fingerprint density at radius 1 is 1.00 bits per heavy atom. The van der Waals surface area contributed by atoms with E-state index >= 15 is 0 Å². The molecule has 0 spiro atoms. The Labute approximate surface area is 188 Å². The molecule has 0 saturated heterocycles. The molecule has 0 aliphatic rings. The van der Waals surface area contributed by atoms with E-state index in [2.05, 4.69) is 10.2 Å². The number of benzene rings is 2. The third kappa shape index (κ3) is 9.07. The zero-order valence-electron chi connectivity index (χ0n) is 16.6. The molecule has 13 nitrogen and oxygen atoms in total. The highest BCUT2D eigenvalue weighted by atomic mass is 35.5. The molecule has 2 aromatic rings. The Balaban J connectivity index is 0.000000363. The van der Waals surface area contributed by atoms with Crippen molar-refractivity contribution in [2.24, 2.45) is 21.7 Å². The van der Waals surface area contributed by atoms with Gasteiger partial charge in [0.15, 0.2) is 0 Å². The molecule has 0 amide bonds. The van der Waals surface area contributed by atoms with Crippen molar-refractivity contribution < 1.29 is 23.4 Å². The average Bonchev–Trinajstić information content (AvgIpc) is 2.69. The molecular formula is C17H21ClN8O5S. The standard InChI is InChI=1S/C10H14N8O2.C7H7ClO3S/c11-9(12)17(19)15-5-7-2-1-3-8(4-7)6-16-18(20)10(13)14;1-5-2-3-7(6(8)4-5)12(9,10)11/h1-6,19-20H,(H3,11,12)(H3,13,14);2-4H,1H3,(H,9,10,11). The number of hydroxylamine groups is 2. The van der Waals surface area contributed by atoms with Crippen LogP contribution in [0.15, 0.2) is 57.6 Å². The lowest BCUT2D eigenvalue weighted by Crippen LogP contribution is -2.29. The van der Waals surface area contributed by atoms with Crippen molar-refractivity contribution in [1.29, 1.82) is 10.8 Å². The first kappa shape index (κ1) is 26.5. The maximum atomic E-state index is 10.6. The zero-order valence-corrected chi connectivity index (χ0v) is 18.2. The van der Waals surface area contributed by atoms with Crippen molar-refractivity contribution in [3.05, 3.63) is 64.2 Å². The van der Waals surface area contributed by atoms with Gasteiger partial charge in [-0.25, -0.2) is 0 Å². The largest absolute Gasteiger partial charge is 0.367 e. The van der Waals surface area contributed by atoms with Crippen LogP contribution in [0.2, 0.25) is 5.02 Å². The van der Waals surface area contributed by atoms with Crippen LogP contribution >= 0.6 is 11.6 Å². The van der Waals surface area contributed by atoms with Gasteiger partial charge in [-0.2, -0.15) is 18.6 Å². The van der Waals surface area contributed by atoms with E-state index in [1.54, 1.807) is 37.3 Å². The summed E-state index contributed by atoms with van der Waals surface area (Å²) in [5.74, 6) is -1.23. The third-order valence-corrected chi connectivity index (χ3v) is 4.68. The maximum absolute atomic E-state index is 10.6. The summed E-state index contributed by atoms with van der Waals surface area (Å²) in [7, 11) is -4.18.